The van der Waals surface area contributed by atoms with Crippen LogP contribution in [-0.4, -0.2) is 48.7 Å². The highest BCUT2D eigenvalue weighted by atomic mass is 16.2. The molecule has 0 radical (unpaired) electrons. The molecule has 0 aliphatic carbocycles. The van der Waals surface area contributed by atoms with Crippen LogP contribution in [-0.2, 0) is 18.3 Å². The highest BCUT2D eigenvalue weighted by Gasteiger charge is 2.32. The summed E-state index contributed by atoms with van der Waals surface area (Å²) in [4.78, 5) is 14.0. The number of aryl methyl sites for hydroxylation is 1. The molecule has 0 spiro atoms. The Morgan fingerprint density at radius 1 is 1.39 bits per heavy atom. The normalized spacial score (nSPS) is 15.6. The standard InChI is InChI=1S/C16H22N6O/c1-12(2)4-5-14-9-22(19-18-14)15-10-21(11-15)16(23)6-13-7-17-20(3)8-13/h4-5,7-9,12,15H,6,10-11H2,1-3H3/b5-4+. The average molecular weight is 314 g/mol. The Balaban J connectivity index is 1.51. The Kier molecular flexibility index (Phi) is 4.27. The summed E-state index contributed by atoms with van der Waals surface area (Å²) in [5.74, 6) is 0.624. The number of allylic oxidation sites excluding steroid dienone is 1. The van der Waals surface area contributed by atoms with E-state index in [4.69, 9.17) is 0 Å². The van der Waals surface area contributed by atoms with Crippen molar-refractivity contribution in [3.05, 3.63) is 35.9 Å². The lowest BCUT2D eigenvalue weighted by Gasteiger charge is -2.38. The molecule has 23 heavy (non-hydrogen) atoms. The maximum absolute atomic E-state index is 12.2. The van der Waals surface area contributed by atoms with E-state index < -0.39 is 0 Å². The van der Waals surface area contributed by atoms with Crippen LogP contribution in [0.3, 0.4) is 0 Å². The molecule has 1 fully saturated rings. The number of hydrogen-bond acceptors (Lipinski definition) is 4. The maximum Gasteiger partial charge on any atom is 0.227 e. The molecule has 2 aromatic heterocycles. The van der Waals surface area contributed by atoms with Gasteiger partial charge in [-0.05, 0) is 17.6 Å². The molecule has 1 saturated heterocycles. The van der Waals surface area contributed by atoms with Gasteiger partial charge in [-0.2, -0.15) is 5.10 Å². The van der Waals surface area contributed by atoms with E-state index in [1.165, 1.54) is 0 Å². The first-order valence-corrected chi connectivity index (χ1v) is 7.86. The Hall–Kier alpha value is -2.44. The third-order valence-corrected chi connectivity index (χ3v) is 3.88. The summed E-state index contributed by atoms with van der Waals surface area (Å²) in [6.45, 7) is 5.63. The summed E-state index contributed by atoms with van der Waals surface area (Å²) < 4.78 is 3.57. The molecule has 2 aromatic rings. The number of likely N-dealkylation sites (tertiary alicyclic amines) is 1. The molecule has 7 heteroatoms. The predicted molar refractivity (Wildman–Crippen MR) is 86.4 cm³/mol. The van der Waals surface area contributed by atoms with Crippen molar-refractivity contribution in [1.29, 1.82) is 0 Å². The van der Waals surface area contributed by atoms with Crippen LogP contribution in [0.5, 0.6) is 0 Å². The van der Waals surface area contributed by atoms with Crippen LogP contribution in [0.2, 0.25) is 0 Å². The fraction of sp³-hybridized carbons (Fsp3) is 0.500. The molecule has 3 heterocycles. The van der Waals surface area contributed by atoms with Gasteiger partial charge in [0.2, 0.25) is 5.91 Å². The van der Waals surface area contributed by atoms with Crippen LogP contribution in [0.25, 0.3) is 6.08 Å². The minimum absolute atomic E-state index is 0.134. The van der Waals surface area contributed by atoms with Crippen LogP contribution in [0, 0.1) is 5.92 Å². The van der Waals surface area contributed by atoms with Gasteiger partial charge < -0.3 is 4.90 Å². The predicted octanol–water partition coefficient (Wildman–Crippen LogP) is 1.31. The number of hydrogen-bond donors (Lipinski definition) is 0. The van der Waals surface area contributed by atoms with Crippen molar-refractivity contribution in [2.45, 2.75) is 26.3 Å². The molecule has 0 atom stereocenters. The van der Waals surface area contributed by atoms with Gasteiger partial charge in [0.15, 0.2) is 0 Å². The average Bonchev–Trinajstić information content (AvgIpc) is 3.04. The summed E-state index contributed by atoms with van der Waals surface area (Å²) in [7, 11) is 1.85. The van der Waals surface area contributed by atoms with E-state index in [-0.39, 0.29) is 11.9 Å². The molecule has 0 saturated carbocycles. The minimum Gasteiger partial charge on any atom is -0.338 e. The van der Waals surface area contributed by atoms with E-state index in [0.29, 0.717) is 25.4 Å². The van der Waals surface area contributed by atoms with Crippen LogP contribution in [0.4, 0.5) is 0 Å². The molecular formula is C16H22N6O. The van der Waals surface area contributed by atoms with E-state index in [2.05, 4.69) is 35.3 Å². The Morgan fingerprint density at radius 3 is 2.83 bits per heavy atom. The first kappa shape index (κ1) is 15.5. The summed E-state index contributed by atoms with van der Waals surface area (Å²) in [5, 5.41) is 12.4. The molecule has 7 nitrogen and oxygen atoms in total. The number of amides is 1. The first-order chi connectivity index (χ1) is 11.0. The molecule has 0 N–H and O–H groups in total. The molecule has 1 amide bonds. The van der Waals surface area contributed by atoms with Crippen LogP contribution in [0.1, 0.15) is 31.1 Å². The SMILES string of the molecule is CC(C)/C=C/c1cn(C2CN(C(=O)Cc3cnn(C)c3)C2)nn1. The fourth-order valence-electron chi connectivity index (χ4n) is 2.51. The van der Waals surface area contributed by atoms with Crippen molar-refractivity contribution < 1.29 is 4.79 Å². The quantitative estimate of drug-likeness (QED) is 0.834. The highest BCUT2D eigenvalue weighted by molar-refractivity contribution is 5.79. The molecule has 122 valence electrons. The molecule has 0 bridgehead atoms. The number of nitrogens with zero attached hydrogens (tertiary/aromatic N) is 6. The second kappa shape index (κ2) is 6.36. The van der Waals surface area contributed by atoms with Crippen molar-refractivity contribution in [2.24, 2.45) is 13.0 Å². The number of rotatable bonds is 5. The zero-order valence-corrected chi connectivity index (χ0v) is 13.8. The molecule has 0 aromatic carbocycles. The van der Waals surface area contributed by atoms with Crippen LogP contribution >= 0.6 is 0 Å². The Labute approximate surface area is 135 Å². The van der Waals surface area contributed by atoms with Crippen LogP contribution < -0.4 is 0 Å². The van der Waals surface area contributed by atoms with Gasteiger partial charge >= 0.3 is 0 Å². The van der Waals surface area contributed by atoms with Crippen molar-refractivity contribution >= 4 is 12.0 Å². The monoisotopic (exact) mass is 314 g/mol. The zero-order valence-electron chi connectivity index (χ0n) is 13.8. The van der Waals surface area contributed by atoms with E-state index in [1.807, 2.05) is 35.1 Å². The highest BCUT2D eigenvalue weighted by Crippen LogP contribution is 2.21. The van der Waals surface area contributed by atoms with E-state index >= 15 is 0 Å². The summed E-state index contributed by atoms with van der Waals surface area (Å²) >= 11 is 0. The van der Waals surface area contributed by atoms with Gasteiger partial charge in [-0.1, -0.05) is 25.1 Å². The summed E-state index contributed by atoms with van der Waals surface area (Å²) in [6, 6.07) is 0.224. The van der Waals surface area contributed by atoms with Crippen molar-refractivity contribution in [2.75, 3.05) is 13.1 Å². The van der Waals surface area contributed by atoms with Gasteiger partial charge in [-0.3, -0.25) is 9.48 Å². The molecule has 1 aliphatic heterocycles. The van der Waals surface area contributed by atoms with Crippen molar-refractivity contribution in [3.8, 4) is 0 Å². The lowest BCUT2D eigenvalue weighted by Crippen LogP contribution is -2.51. The minimum atomic E-state index is 0.134. The molecule has 1 aliphatic rings. The number of carbonyl (C=O) groups is 1. The van der Waals surface area contributed by atoms with Gasteiger partial charge in [0, 0.05) is 26.3 Å². The summed E-state index contributed by atoms with van der Waals surface area (Å²) in [5.41, 5.74) is 1.81. The molecule has 0 unspecified atom stereocenters. The smallest absolute Gasteiger partial charge is 0.227 e. The third-order valence-electron chi connectivity index (χ3n) is 3.88. The van der Waals surface area contributed by atoms with E-state index in [9.17, 15) is 4.79 Å². The van der Waals surface area contributed by atoms with Gasteiger partial charge in [0.25, 0.3) is 0 Å². The Morgan fingerprint density at radius 2 is 2.17 bits per heavy atom. The van der Waals surface area contributed by atoms with Crippen molar-refractivity contribution in [1.82, 2.24) is 29.7 Å². The van der Waals surface area contributed by atoms with Gasteiger partial charge in [-0.15, -0.1) is 5.10 Å². The first-order valence-electron chi connectivity index (χ1n) is 7.86. The zero-order chi connectivity index (χ0) is 16.4. The van der Waals surface area contributed by atoms with E-state index in [0.717, 1.165) is 11.3 Å². The molecular weight excluding hydrogens is 292 g/mol. The molecule has 3 rings (SSSR count). The van der Waals surface area contributed by atoms with Gasteiger partial charge in [-0.25, -0.2) is 4.68 Å². The van der Waals surface area contributed by atoms with Gasteiger partial charge in [0.1, 0.15) is 5.69 Å². The lowest BCUT2D eigenvalue weighted by atomic mass is 10.1. The Bertz CT molecular complexity index is 708. The van der Waals surface area contributed by atoms with Crippen molar-refractivity contribution in [3.63, 3.8) is 0 Å². The van der Waals surface area contributed by atoms with Crippen LogP contribution in [0.15, 0.2) is 24.7 Å². The number of carbonyl (C=O) groups excluding carboxylic acids is 1. The van der Waals surface area contributed by atoms with E-state index in [1.54, 1.807) is 10.9 Å². The lowest BCUT2D eigenvalue weighted by molar-refractivity contribution is -0.136. The second-order valence-electron chi connectivity index (χ2n) is 6.38. The fourth-order valence-corrected chi connectivity index (χ4v) is 2.51. The number of aromatic nitrogens is 5. The topological polar surface area (TPSA) is 68.8 Å². The summed E-state index contributed by atoms with van der Waals surface area (Å²) in [6.07, 6.45) is 10.0. The third kappa shape index (κ3) is 3.67. The maximum atomic E-state index is 12.2. The van der Waals surface area contributed by atoms with Gasteiger partial charge in [0.05, 0.1) is 24.9 Å². The largest absolute Gasteiger partial charge is 0.338 e. The second-order valence-corrected chi connectivity index (χ2v) is 6.38.